The van der Waals surface area contributed by atoms with E-state index in [1.165, 1.54) is 20.0 Å². The molecule has 110 valence electrons. The molecule has 0 radical (unpaired) electrons. The number of hydrogen-bond acceptors (Lipinski definition) is 5. The Morgan fingerprint density at radius 2 is 2.16 bits per heavy atom. The van der Waals surface area contributed by atoms with Gasteiger partial charge in [-0.05, 0) is 33.2 Å². The number of carbonyl (C=O) groups excluding carboxylic acids is 1. The number of piperazine rings is 1. The van der Waals surface area contributed by atoms with E-state index in [0.29, 0.717) is 12.1 Å². The third-order valence-electron chi connectivity index (χ3n) is 4.17. The number of esters is 1. The molecular formula is C14H27N3O2. The minimum Gasteiger partial charge on any atom is -0.468 e. The first kappa shape index (κ1) is 14.8. The second-order valence-electron chi connectivity index (χ2n) is 5.95. The molecule has 2 aliphatic rings. The van der Waals surface area contributed by atoms with Crippen LogP contribution in [0.5, 0.6) is 0 Å². The van der Waals surface area contributed by atoms with Crippen molar-refractivity contribution in [1.82, 2.24) is 15.1 Å². The third-order valence-corrected chi connectivity index (χ3v) is 4.17. The molecule has 0 aromatic heterocycles. The second kappa shape index (κ2) is 6.68. The zero-order valence-corrected chi connectivity index (χ0v) is 12.4. The summed E-state index contributed by atoms with van der Waals surface area (Å²) in [6.07, 6.45) is 3.23. The summed E-state index contributed by atoms with van der Waals surface area (Å²) >= 11 is 0. The van der Waals surface area contributed by atoms with Gasteiger partial charge in [0.25, 0.3) is 0 Å². The van der Waals surface area contributed by atoms with Gasteiger partial charge in [-0.3, -0.25) is 9.69 Å². The van der Waals surface area contributed by atoms with Gasteiger partial charge in [-0.15, -0.1) is 0 Å². The van der Waals surface area contributed by atoms with Crippen molar-refractivity contribution in [3.05, 3.63) is 0 Å². The predicted octanol–water partition coefficient (Wildman–Crippen LogP) is 0.306. The monoisotopic (exact) mass is 269 g/mol. The van der Waals surface area contributed by atoms with Gasteiger partial charge >= 0.3 is 5.97 Å². The van der Waals surface area contributed by atoms with E-state index in [-0.39, 0.29) is 12.0 Å². The van der Waals surface area contributed by atoms with Crippen molar-refractivity contribution in [1.29, 1.82) is 0 Å². The summed E-state index contributed by atoms with van der Waals surface area (Å²) in [5.74, 6) is -0.117. The van der Waals surface area contributed by atoms with Crippen LogP contribution in [0, 0.1) is 0 Å². The topological polar surface area (TPSA) is 44.8 Å². The molecule has 2 fully saturated rings. The first-order valence-electron chi connectivity index (χ1n) is 7.36. The SMILES string of the molecule is COC(=O)C(CCN1CCN(C)CC1C)NC1CC1. The van der Waals surface area contributed by atoms with Crippen molar-refractivity contribution in [3.8, 4) is 0 Å². The fourth-order valence-electron chi connectivity index (χ4n) is 2.75. The summed E-state index contributed by atoms with van der Waals surface area (Å²) in [4.78, 5) is 16.6. The fourth-order valence-corrected chi connectivity index (χ4v) is 2.75. The van der Waals surface area contributed by atoms with Crippen LogP contribution in [0.4, 0.5) is 0 Å². The molecule has 5 heteroatoms. The molecule has 1 aliphatic carbocycles. The summed E-state index contributed by atoms with van der Waals surface area (Å²) in [6.45, 7) is 6.54. The summed E-state index contributed by atoms with van der Waals surface area (Å²) < 4.78 is 4.90. The highest BCUT2D eigenvalue weighted by molar-refractivity contribution is 5.75. The highest BCUT2D eigenvalue weighted by Gasteiger charge is 2.30. The number of likely N-dealkylation sites (N-methyl/N-ethyl adjacent to an activating group) is 1. The Kier molecular flexibility index (Phi) is 5.19. The average Bonchev–Trinajstić information content (AvgIpc) is 3.19. The molecule has 1 N–H and O–H groups in total. The van der Waals surface area contributed by atoms with Crippen LogP contribution in [0.25, 0.3) is 0 Å². The average molecular weight is 269 g/mol. The Labute approximate surface area is 116 Å². The van der Waals surface area contributed by atoms with E-state index >= 15 is 0 Å². The number of hydrogen-bond donors (Lipinski definition) is 1. The predicted molar refractivity (Wildman–Crippen MR) is 75.1 cm³/mol. The van der Waals surface area contributed by atoms with Crippen LogP contribution in [-0.4, -0.2) is 74.2 Å². The van der Waals surface area contributed by atoms with E-state index in [9.17, 15) is 4.79 Å². The van der Waals surface area contributed by atoms with Crippen molar-refractivity contribution < 1.29 is 9.53 Å². The number of rotatable bonds is 6. The van der Waals surface area contributed by atoms with Gasteiger partial charge in [0, 0.05) is 38.3 Å². The number of nitrogens with one attached hydrogen (secondary N) is 1. The maximum atomic E-state index is 11.8. The Morgan fingerprint density at radius 1 is 1.42 bits per heavy atom. The van der Waals surface area contributed by atoms with Crippen LogP contribution in [-0.2, 0) is 9.53 Å². The van der Waals surface area contributed by atoms with Gasteiger partial charge < -0.3 is 15.0 Å². The highest BCUT2D eigenvalue weighted by Crippen LogP contribution is 2.20. The molecule has 0 bridgehead atoms. The van der Waals surface area contributed by atoms with Crippen LogP contribution in [0.1, 0.15) is 26.2 Å². The third kappa shape index (κ3) is 4.44. The first-order valence-corrected chi connectivity index (χ1v) is 7.36. The quantitative estimate of drug-likeness (QED) is 0.703. The van der Waals surface area contributed by atoms with Gasteiger partial charge in [0.05, 0.1) is 7.11 Å². The molecule has 0 aromatic carbocycles. The molecule has 1 aliphatic heterocycles. The lowest BCUT2D eigenvalue weighted by Gasteiger charge is -2.38. The van der Waals surface area contributed by atoms with E-state index in [0.717, 1.165) is 32.6 Å². The van der Waals surface area contributed by atoms with Gasteiger partial charge in [0.1, 0.15) is 6.04 Å². The summed E-state index contributed by atoms with van der Waals surface area (Å²) in [5, 5.41) is 3.39. The van der Waals surface area contributed by atoms with Crippen molar-refractivity contribution >= 4 is 5.97 Å². The normalized spacial score (nSPS) is 27.2. The molecule has 1 heterocycles. The number of ether oxygens (including phenoxy) is 1. The smallest absolute Gasteiger partial charge is 0.322 e. The van der Waals surface area contributed by atoms with Gasteiger partial charge in [-0.2, -0.15) is 0 Å². The molecule has 2 atom stereocenters. The zero-order valence-electron chi connectivity index (χ0n) is 12.4. The molecule has 2 rings (SSSR count). The van der Waals surface area contributed by atoms with Crippen molar-refractivity contribution in [2.45, 2.75) is 44.3 Å². The maximum Gasteiger partial charge on any atom is 0.322 e. The zero-order chi connectivity index (χ0) is 13.8. The highest BCUT2D eigenvalue weighted by atomic mass is 16.5. The molecule has 0 amide bonds. The van der Waals surface area contributed by atoms with Gasteiger partial charge in [0.2, 0.25) is 0 Å². The van der Waals surface area contributed by atoms with Gasteiger partial charge in [-0.25, -0.2) is 0 Å². The number of nitrogens with zero attached hydrogens (tertiary/aromatic N) is 2. The first-order chi connectivity index (χ1) is 9.10. The summed E-state index contributed by atoms with van der Waals surface area (Å²) in [6, 6.07) is 0.969. The van der Waals surface area contributed by atoms with Crippen LogP contribution < -0.4 is 5.32 Å². The fraction of sp³-hybridized carbons (Fsp3) is 0.929. The Hall–Kier alpha value is -0.650. The molecular weight excluding hydrogens is 242 g/mol. The van der Waals surface area contributed by atoms with E-state index < -0.39 is 0 Å². The Morgan fingerprint density at radius 3 is 2.74 bits per heavy atom. The number of carbonyl (C=O) groups is 1. The maximum absolute atomic E-state index is 11.8. The van der Waals surface area contributed by atoms with E-state index in [4.69, 9.17) is 4.74 Å². The molecule has 19 heavy (non-hydrogen) atoms. The van der Waals surface area contributed by atoms with E-state index in [2.05, 4.69) is 29.1 Å². The van der Waals surface area contributed by atoms with Crippen molar-refractivity contribution in [3.63, 3.8) is 0 Å². The van der Waals surface area contributed by atoms with Crippen LogP contribution in [0.2, 0.25) is 0 Å². The Bertz CT molecular complexity index is 307. The van der Waals surface area contributed by atoms with E-state index in [1.54, 1.807) is 0 Å². The lowest BCUT2D eigenvalue weighted by atomic mass is 10.1. The van der Waals surface area contributed by atoms with Crippen molar-refractivity contribution in [2.24, 2.45) is 0 Å². The molecule has 1 saturated carbocycles. The lowest BCUT2D eigenvalue weighted by Crippen LogP contribution is -2.52. The van der Waals surface area contributed by atoms with Crippen LogP contribution >= 0.6 is 0 Å². The lowest BCUT2D eigenvalue weighted by molar-refractivity contribution is -0.143. The van der Waals surface area contributed by atoms with Gasteiger partial charge in [-0.1, -0.05) is 0 Å². The van der Waals surface area contributed by atoms with Gasteiger partial charge in [0.15, 0.2) is 0 Å². The van der Waals surface area contributed by atoms with Crippen LogP contribution in [0.15, 0.2) is 0 Å². The van der Waals surface area contributed by atoms with Crippen molar-refractivity contribution in [2.75, 3.05) is 40.3 Å². The second-order valence-corrected chi connectivity index (χ2v) is 5.95. The summed E-state index contributed by atoms with van der Waals surface area (Å²) in [7, 11) is 3.64. The molecule has 0 aromatic rings. The molecule has 2 unspecified atom stereocenters. The molecule has 0 spiro atoms. The number of methoxy groups -OCH3 is 1. The summed E-state index contributed by atoms with van der Waals surface area (Å²) in [5.41, 5.74) is 0. The van der Waals surface area contributed by atoms with E-state index in [1.807, 2.05) is 0 Å². The molecule has 1 saturated heterocycles. The minimum atomic E-state index is -0.135. The minimum absolute atomic E-state index is 0.117. The standard InChI is InChI=1S/C14H27N3O2/c1-11-10-16(2)8-9-17(11)7-6-13(14(18)19-3)15-12-4-5-12/h11-13,15H,4-10H2,1-3H3. The largest absolute Gasteiger partial charge is 0.468 e. The Balaban J connectivity index is 1.78. The molecule has 5 nitrogen and oxygen atoms in total. The van der Waals surface area contributed by atoms with Crippen LogP contribution in [0.3, 0.4) is 0 Å².